The van der Waals surface area contributed by atoms with Crippen LogP contribution in [0.5, 0.6) is 0 Å². The zero-order chi connectivity index (χ0) is 25.5. The SMILES string of the molecule is O=C(NC12CC(c3nnc([C@H]4C[C@@H](OC(F)(F)F)C4)o3)(C1)C2)c1ccc2cc(C(F)(F)F)ccc2n1. The van der Waals surface area contributed by atoms with E-state index in [-0.39, 0.29) is 40.8 Å². The first-order chi connectivity index (χ1) is 16.8. The van der Waals surface area contributed by atoms with Crippen molar-refractivity contribution >= 4 is 16.8 Å². The van der Waals surface area contributed by atoms with E-state index >= 15 is 0 Å². The lowest BCUT2D eigenvalue weighted by Gasteiger charge is -2.68. The molecule has 2 bridgehead atoms. The van der Waals surface area contributed by atoms with Crippen LogP contribution in [0.3, 0.4) is 0 Å². The van der Waals surface area contributed by atoms with Crippen LogP contribution in [0.25, 0.3) is 10.9 Å². The van der Waals surface area contributed by atoms with Crippen LogP contribution in [0.2, 0.25) is 0 Å². The second kappa shape index (κ2) is 7.40. The summed E-state index contributed by atoms with van der Waals surface area (Å²) in [5.74, 6) is 0.00860. The molecule has 4 saturated carbocycles. The van der Waals surface area contributed by atoms with Crippen LogP contribution in [0.15, 0.2) is 34.7 Å². The number of alkyl halides is 6. The van der Waals surface area contributed by atoms with Gasteiger partial charge in [-0.05, 0) is 56.4 Å². The molecule has 4 aliphatic carbocycles. The monoisotopic (exact) mass is 512 g/mol. The van der Waals surface area contributed by atoms with Crippen LogP contribution in [0, 0.1) is 0 Å². The van der Waals surface area contributed by atoms with E-state index in [4.69, 9.17) is 4.42 Å². The Morgan fingerprint density at radius 3 is 2.42 bits per heavy atom. The third-order valence-corrected chi connectivity index (χ3v) is 7.30. The standard InChI is InChI=1S/C23H18F6N4O3/c24-22(25,26)13-2-4-15-11(5-13)1-3-16(30-15)17(34)31-21-8-20(9-21,10-21)19-33-32-18(35-19)12-6-14(7-12)36-23(27,28)29/h1-5,12,14H,6-10H2,(H,31,34)/t12-,14+,20?,21?. The van der Waals surface area contributed by atoms with E-state index in [1.807, 2.05) is 0 Å². The van der Waals surface area contributed by atoms with E-state index in [1.165, 1.54) is 18.2 Å². The van der Waals surface area contributed by atoms with Gasteiger partial charge in [0.2, 0.25) is 11.8 Å². The van der Waals surface area contributed by atoms with Gasteiger partial charge in [-0.25, -0.2) is 4.98 Å². The van der Waals surface area contributed by atoms with Crippen molar-refractivity contribution in [3.8, 4) is 0 Å². The third-order valence-electron chi connectivity index (χ3n) is 7.30. The lowest BCUT2D eigenvalue weighted by atomic mass is 9.39. The second-order valence-electron chi connectivity index (χ2n) is 9.95. The third kappa shape index (κ3) is 3.89. The van der Waals surface area contributed by atoms with Crippen molar-refractivity contribution in [1.29, 1.82) is 0 Å². The average molecular weight is 512 g/mol. The number of halogens is 6. The van der Waals surface area contributed by atoms with Crippen LogP contribution in [0.1, 0.15) is 65.9 Å². The lowest BCUT2D eigenvalue weighted by molar-refractivity contribution is -0.352. The first-order valence-corrected chi connectivity index (χ1v) is 11.2. The Morgan fingerprint density at radius 1 is 1.03 bits per heavy atom. The topological polar surface area (TPSA) is 90.1 Å². The zero-order valence-corrected chi connectivity index (χ0v) is 18.4. The normalized spacial score (nSPS) is 29.3. The average Bonchev–Trinajstić information content (AvgIpc) is 3.18. The molecular weight excluding hydrogens is 494 g/mol. The summed E-state index contributed by atoms with van der Waals surface area (Å²) in [6.07, 6.45) is -8.02. The summed E-state index contributed by atoms with van der Waals surface area (Å²) in [4.78, 5) is 17.0. The van der Waals surface area contributed by atoms with E-state index in [2.05, 4.69) is 25.2 Å². The van der Waals surface area contributed by atoms with Gasteiger partial charge in [-0.1, -0.05) is 6.07 Å². The number of pyridine rings is 1. The molecule has 1 N–H and O–H groups in total. The molecule has 1 aromatic carbocycles. The molecule has 2 aromatic heterocycles. The summed E-state index contributed by atoms with van der Waals surface area (Å²) in [6.45, 7) is 0. The van der Waals surface area contributed by atoms with Crippen molar-refractivity contribution in [3.05, 3.63) is 53.4 Å². The van der Waals surface area contributed by atoms with Gasteiger partial charge in [-0.2, -0.15) is 13.2 Å². The van der Waals surface area contributed by atoms with Crippen molar-refractivity contribution in [3.63, 3.8) is 0 Å². The summed E-state index contributed by atoms with van der Waals surface area (Å²) in [7, 11) is 0. The number of hydrogen-bond donors (Lipinski definition) is 1. The maximum atomic E-state index is 12.9. The number of ether oxygens (including phenoxy) is 1. The van der Waals surface area contributed by atoms with E-state index in [9.17, 15) is 31.1 Å². The van der Waals surface area contributed by atoms with Gasteiger partial charge in [0, 0.05) is 16.8 Å². The molecule has 7 nitrogen and oxygen atoms in total. The molecular formula is C23H18F6N4O3. The van der Waals surface area contributed by atoms with Crippen LogP contribution < -0.4 is 5.32 Å². The van der Waals surface area contributed by atoms with Crippen molar-refractivity contribution in [2.75, 3.05) is 0 Å². The quantitative estimate of drug-likeness (QED) is 0.483. The maximum absolute atomic E-state index is 12.9. The van der Waals surface area contributed by atoms with Gasteiger partial charge in [0.25, 0.3) is 5.91 Å². The van der Waals surface area contributed by atoms with Crippen LogP contribution in [-0.4, -0.2) is 39.1 Å². The Hall–Kier alpha value is -3.22. The molecule has 190 valence electrons. The van der Waals surface area contributed by atoms with Gasteiger partial charge in [0.1, 0.15) is 5.69 Å². The van der Waals surface area contributed by atoms with E-state index < -0.39 is 35.7 Å². The molecule has 7 rings (SSSR count). The maximum Gasteiger partial charge on any atom is 0.522 e. The molecule has 0 atom stereocenters. The largest absolute Gasteiger partial charge is 0.522 e. The number of hydrogen-bond acceptors (Lipinski definition) is 6. The second-order valence-corrected chi connectivity index (χ2v) is 9.95. The summed E-state index contributed by atoms with van der Waals surface area (Å²) in [6, 6.07) is 5.96. The number of fused-ring (bicyclic) bond motifs is 1. The number of amides is 1. The number of nitrogens with one attached hydrogen (secondary N) is 1. The number of aromatic nitrogens is 3. The number of rotatable bonds is 5. The van der Waals surface area contributed by atoms with Gasteiger partial charge >= 0.3 is 12.5 Å². The Bertz CT molecular complexity index is 1340. The van der Waals surface area contributed by atoms with Crippen molar-refractivity contribution in [2.45, 2.75) is 67.6 Å². The Balaban J connectivity index is 1.06. The molecule has 3 aromatic rings. The number of carbonyl (C=O) groups excluding carboxylic acids is 1. The molecule has 2 heterocycles. The van der Waals surface area contributed by atoms with Crippen LogP contribution in [0.4, 0.5) is 26.3 Å². The van der Waals surface area contributed by atoms with Crippen molar-refractivity contribution in [2.24, 2.45) is 0 Å². The lowest BCUT2D eigenvalue weighted by Crippen LogP contribution is -2.76. The fourth-order valence-electron chi connectivity index (χ4n) is 5.55. The minimum atomic E-state index is -4.67. The van der Waals surface area contributed by atoms with Crippen molar-refractivity contribution in [1.82, 2.24) is 20.5 Å². The molecule has 4 aliphatic rings. The summed E-state index contributed by atoms with van der Waals surface area (Å²) in [5.41, 5.74) is -1.23. The molecule has 0 radical (unpaired) electrons. The molecule has 36 heavy (non-hydrogen) atoms. The predicted molar refractivity (Wildman–Crippen MR) is 110 cm³/mol. The highest BCUT2D eigenvalue weighted by atomic mass is 19.4. The van der Waals surface area contributed by atoms with E-state index in [1.54, 1.807) is 0 Å². The van der Waals surface area contributed by atoms with Crippen LogP contribution in [-0.2, 0) is 16.3 Å². The molecule has 0 saturated heterocycles. The highest BCUT2D eigenvalue weighted by Gasteiger charge is 2.72. The minimum absolute atomic E-state index is 0.0988. The first-order valence-electron chi connectivity index (χ1n) is 11.2. The zero-order valence-electron chi connectivity index (χ0n) is 18.4. The molecule has 0 unspecified atom stereocenters. The molecule has 13 heteroatoms. The molecule has 0 aliphatic heterocycles. The Kier molecular flexibility index (Phi) is 4.77. The first kappa shape index (κ1) is 23.2. The number of nitrogens with zero attached hydrogens (tertiary/aromatic N) is 3. The molecule has 4 fully saturated rings. The Labute approximate surface area is 199 Å². The van der Waals surface area contributed by atoms with Crippen molar-refractivity contribution < 1.29 is 40.3 Å². The Morgan fingerprint density at radius 2 is 1.75 bits per heavy atom. The number of benzene rings is 1. The highest BCUT2D eigenvalue weighted by molar-refractivity contribution is 5.95. The smallest absolute Gasteiger partial charge is 0.424 e. The van der Waals surface area contributed by atoms with E-state index in [0.29, 0.717) is 31.0 Å². The minimum Gasteiger partial charge on any atom is -0.424 e. The fourth-order valence-corrected chi connectivity index (χ4v) is 5.55. The van der Waals surface area contributed by atoms with Gasteiger partial charge in [-0.3, -0.25) is 9.53 Å². The predicted octanol–water partition coefficient (Wildman–Crippen LogP) is 5.02. The molecule has 1 amide bonds. The molecule has 0 spiro atoms. The summed E-state index contributed by atoms with van der Waals surface area (Å²) >= 11 is 0. The van der Waals surface area contributed by atoms with Gasteiger partial charge in [0.15, 0.2) is 0 Å². The van der Waals surface area contributed by atoms with Crippen LogP contribution >= 0.6 is 0 Å². The van der Waals surface area contributed by atoms with E-state index in [0.717, 1.165) is 12.1 Å². The van der Waals surface area contributed by atoms with Gasteiger partial charge < -0.3 is 9.73 Å². The highest BCUT2D eigenvalue weighted by Crippen LogP contribution is 2.67. The number of carbonyl (C=O) groups is 1. The fraction of sp³-hybridized carbons (Fsp3) is 0.478. The summed E-state index contributed by atoms with van der Waals surface area (Å²) in [5, 5.41) is 11.3. The van der Waals surface area contributed by atoms with Gasteiger partial charge in [-0.15, -0.1) is 23.4 Å². The van der Waals surface area contributed by atoms with Gasteiger partial charge in [0.05, 0.1) is 22.6 Å². The summed E-state index contributed by atoms with van der Waals surface area (Å²) < 4.78 is 85.3.